The molecule has 5 nitrogen and oxygen atoms in total. The van der Waals surface area contributed by atoms with E-state index in [1.54, 1.807) is 6.08 Å². The first-order valence-electron chi connectivity index (χ1n) is 13.2. The van der Waals surface area contributed by atoms with Gasteiger partial charge in [-0.15, -0.1) is 0 Å². The average molecular weight is 473 g/mol. The van der Waals surface area contributed by atoms with E-state index in [4.69, 9.17) is 4.74 Å². The molecule has 0 spiro atoms. The molecule has 0 aromatic rings. The molecule has 0 aromatic heterocycles. The van der Waals surface area contributed by atoms with Gasteiger partial charge in [0.15, 0.2) is 5.78 Å². The van der Waals surface area contributed by atoms with E-state index in [2.05, 4.69) is 19.9 Å². The summed E-state index contributed by atoms with van der Waals surface area (Å²) in [5, 5.41) is 21.5. The fourth-order valence-corrected chi connectivity index (χ4v) is 8.49. The molecule has 34 heavy (non-hydrogen) atoms. The molecule has 2 N–H and O–H groups in total. The van der Waals surface area contributed by atoms with Gasteiger partial charge in [0, 0.05) is 13.3 Å². The zero-order chi connectivity index (χ0) is 25.1. The van der Waals surface area contributed by atoms with Crippen molar-refractivity contribution in [3.8, 4) is 0 Å². The van der Waals surface area contributed by atoms with Crippen LogP contribution in [-0.2, 0) is 14.3 Å². The number of ketones is 1. The van der Waals surface area contributed by atoms with Crippen molar-refractivity contribution < 1.29 is 24.5 Å². The number of allylic oxidation sites excluding steroid dienone is 1. The first-order chi connectivity index (χ1) is 15.7. The molecule has 0 bridgehead atoms. The van der Waals surface area contributed by atoms with Crippen LogP contribution in [0.4, 0.5) is 0 Å². The number of hydrogen-bond acceptors (Lipinski definition) is 5. The van der Waals surface area contributed by atoms with E-state index in [0.29, 0.717) is 17.8 Å². The van der Waals surface area contributed by atoms with Gasteiger partial charge in [0.05, 0.1) is 5.60 Å². The van der Waals surface area contributed by atoms with Crippen LogP contribution in [0, 0.1) is 34.5 Å². The molecule has 0 saturated heterocycles. The minimum absolute atomic E-state index is 0.0200. The number of esters is 1. The standard InChI is InChI=1S/C29H44O5/c1-18(30)34-20-11-14-27(4)19(17-20)7-8-21-22-9-10-24(28(22,5)15-12-23(21)27)29(6,33)16-13-25(31)26(2,3)32/h7,13,16,20-24,32-33H,8-12,14-15,17H2,1-6H3. The zero-order valence-electron chi connectivity index (χ0n) is 21.9. The van der Waals surface area contributed by atoms with Crippen LogP contribution in [0.25, 0.3) is 0 Å². The van der Waals surface area contributed by atoms with Crippen molar-refractivity contribution in [1.82, 2.24) is 0 Å². The lowest BCUT2D eigenvalue weighted by Crippen LogP contribution is -2.52. The third-order valence-corrected chi connectivity index (χ3v) is 10.3. The van der Waals surface area contributed by atoms with Gasteiger partial charge in [-0.2, -0.15) is 0 Å². The lowest BCUT2D eigenvalue weighted by Gasteiger charge is -2.58. The summed E-state index contributed by atoms with van der Waals surface area (Å²) in [5.41, 5.74) is -0.810. The van der Waals surface area contributed by atoms with Crippen LogP contribution in [0.3, 0.4) is 0 Å². The normalized spacial score (nSPS) is 41.6. The van der Waals surface area contributed by atoms with E-state index in [1.165, 1.54) is 32.4 Å². The summed E-state index contributed by atoms with van der Waals surface area (Å²) < 4.78 is 5.57. The molecule has 190 valence electrons. The van der Waals surface area contributed by atoms with Crippen molar-refractivity contribution in [2.24, 2.45) is 34.5 Å². The Kier molecular flexibility index (Phi) is 6.47. The Morgan fingerprint density at radius 1 is 1.06 bits per heavy atom. The summed E-state index contributed by atoms with van der Waals surface area (Å²) in [4.78, 5) is 23.7. The van der Waals surface area contributed by atoms with Gasteiger partial charge < -0.3 is 14.9 Å². The summed E-state index contributed by atoms with van der Waals surface area (Å²) >= 11 is 0. The summed E-state index contributed by atoms with van der Waals surface area (Å²) in [5.74, 6) is 1.34. The van der Waals surface area contributed by atoms with Gasteiger partial charge in [-0.1, -0.05) is 25.5 Å². The smallest absolute Gasteiger partial charge is 0.302 e. The van der Waals surface area contributed by atoms with Gasteiger partial charge in [-0.25, -0.2) is 0 Å². The minimum atomic E-state index is -1.43. The fourth-order valence-electron chi connectivity index (χ4n) is 8.49. The molecule has 4 rings (SSSR count). The van der Waals surface area contributed by atoms with Gasteiger partial charge in [-0.05, 0) is 112 Å². The Morgan fingerprint density at radius 3 is 2.41 bits per heavy atom. The molecule has 4 aliphatic rings. The summed E-state index contributed by atoms with van der Waals surface area (Å²) in [6, 6.07) is 0. The Balaban J connectivity index is 1.54. The zero-order valence-corrected chi connectivity index (χ0v) is 21.9. The van der Waals surface area contributed by atoms with Crippen LogP contribution in [0.2, 0.25) is 0 Å². The topological polar surface area (TPSA) is 83.8 Å². The lowest BCUT2D eigenvalue weighted by molar-refractivity contribution is -0.149. The highest BCUT2D eigenvalue weighted by molar-refractivity contribution is 5.96. The Bertz CT molecular complexity index is 893. The van der Waals surface area contributed by atoms with E-state index in [0.717, 1.165) is 51.4 Å². The summed E-state index contributed by atoms with van der Waals surface area (Å²) in [7, 11) is 0. The van der Waals surface area contributed by atoms with Gasteiger partial charge in [-0.3, -0.25) is 9.59 Å². The van der Waals surface area contributed by atoms with Crippen LogP contribution >= 0.6 is 0 Å². The fraction of sp³-hybridized carbons (Fsp3) is 0.793. The molecule has 5 heteroatoms. The van der Waals surface area contributed by atoms with E-state index in [-0.39, 0.29) is 34.6 Å². The quantitative estimate of drug-likeness (QED) is 0.329. The molecule has 0 radical (unpaired) electrons. The second-order valence-electron chi connectivity index (χ2n) is 12.9. The molecule has 3 saturated carbocycles. The highest BCUT2D eigenvalue weighted by Gasteiger charge is 2.61. The SMILES string of the molecule is CC(=O)OC1CCC2(C)C(=CCC3C2CCC2(C)C3CCC2C(C)(O)C=CC(=O)C(C)(C)O)C1. The molecule has 3 fully saturated rings. The minimum Gasteiger partial charge on any atom is -0.462 e. The van der Waals surface area contributed by atoms with Crippen molar-refractivity contribution >= 4 is 11.8 Å². The van der Waals surface area contributed by atoms with Crippen molar-refractivity contribution in [2.45, 2.75) is 110 Å². The summed E-state index contributed by atoms with van der Waals surface area (Å²) in [6.45, 7) is 11.1. The molecule has 0 aromatic carbocycles. The number of ether oxygens (including phenoxy) is 1. The van der Waals surface area contributed by atoms with Crippen LogP contribution < -0.4 is 0 Å². The maximum atomic E-state index is 12.2. The number of rotatable bonds is 5. The van der Waals surface area contributed by atoms with E-state index < -0.39 is 11.2 Å². The maximum Gasteiger partial charge on any atom is 0.302 e. The molecule has 0 aliphatic heterocycles. The van der Waals surface area contributed by atoms with Crippen LogP contribution in [0.5, 0.6) is 0 Å². The maximum absolute atomic E-state index is 12.2. The van der Waals surface area contributed by atoms with Crippen molar-refractivity contribution in [3.63, 3.8) is 0 Å². The van der Waals surface area contributed by atoms with Crippen LogP contribution in [-0.4, -0.2) is 39.3 Å². The predicted octanol–water partition coefficient (Wildman–Crippen LogP) is 5.14. The Morgan fingerprint density at radius 2 is 1.76 bits per heavy atom. The number of fused-ring (bicyclic) bond motifs is 5. The third-order valence-electron chi connectivity index (χ3n) is 10.3. The Labute approximate surface area is 205 Å². The molecule has 0 heterocycles. The molecule has 0 amide bonds. The number of carbonyl (C=O) groups excluding carboxylic acids is 2. The van der Waals surface area contributed by atoms with E-state index >= 15 is 0 Å². The lowest BCUT2D eigenvalue weighted by atomic mass is 9.46. The third kappa shape index (κ3) is 4.32. The second-order valence-corrected chi connectivity index (χ2v) is 12.9. The average Bonchev–Trinajstić information content (AvgIpc) is 3.09. The first kappa shape index (κ1) is 25.6. The van der Waals surface area contributed by atoms with Crippen molar-refractivity contribution in [1.29, 1.82) is 0 Å². The highest BCUT2D eigenvalue weighted by atomic mass is 16.5. The van der Waals surface area contributed by atoms with Gasteiger partial charge in [0.2, 0.25) is 0 Å². The molecule has 4 aliphatic carbocycles. The van der Waals surface area contributed by atoms with Gasteiger partial charge in [0.1, 0.15) is 11.7 Å². The molecule has 8 unspecified atom stereocenters. The number of hydrogen-bond donors (Lipinski definition) is 2. The van der Waals surface area contributed by atoms with Gasteiger partial charge in [0.25, 0.3) is 0 Å². The molecule has 8 atom stereocenters. The number of carbonyl (C=O) groups is 2. The predicted molar refractivity (Wildman–Crippen MR) is 132 cm³/mol. The van der Waals surface area contributed by atoms with E-state index in [9.17, 15) is 19.8 Å². The summed E-state index contributed by atoms with van der Waals surface area (Å²) in [6.07, 6.45) is 13.8. The first-order valence-corrected chi connectivity index (χ1v) is 13.2. The molecular weight excluding hydrogens is 428 g/mol. The Hall–Kier alpha value is -1.46. The molecular formula is C29H44O5. The van der Waals surface area contributed by atoms with Gasteiger partial charge >= 0.3 is 5.97 Å². The largest absolute Gasteiger partial charge is 0.462 e. The number of aliphatic hydroxyl groups is 2. The van der Waals surface area contributed by atoms with Crippen LogP contribution in [0.15, 0.2) is 23.8 Å². The van der Waals surface area contributed by atoms with E-state index in [1.807, 2.05) is 6.92 Å². The second kappa shape index (κ2) is 8.58. The highest BCUT2D eigenvalue weighted by Crippen LogP contribution is 2.67. The van der Waals surface area contributed by atoms with Crippen molar-refractivity contribution in [2.75, 3.05) is 0 Å². The monoisotopic (exact) mass is 472 g/mol. The van der Waals surface area contributed by atoms with Crippen LogP contribution in [0.1, 0.15) is 92.9 Å². The van der Waals surface area contributed by atoms with Crippen molar-refractivity contribution in [3.05, 3.63) is 23.8 Å².